The zero-order valence-electron chi connectivity index (χ0n) is 30.9. The Labute approximate surface area is 332 Å². The third-order valence-electron chi connectivity index (χ3n) is 12.0. The average Bonchev–Trinajstić information content (AvgIpc) is 3.28. The van der Waals surface area contributed by atoms with Gasteiger partial charge in [-0.05, 0) is 88.0 Å². The zero-order valence-corrected chi connectivity index (χ0v) is 30.9. The molecular formula is C50H33B2N5. The van der Waals surface area contributed by atoms with Crippen molar-refractivity contribution in [2.45, 2.75) is 0 Å². The van der Waals surface area contributed by atoms with Gasteiger partial charge in [0.1, 0.15) is 5.52 Å². The largest absolute Gasteiger partial charge is 0.312 e. The lowest BCUT2D eigenvalue weighted by Gasteiger charge is -2.48. The van der Waals surface area contributed by atoms with Gasteiger partial charge in [-0.15, -0.1) is 0 Å². The summed E-state index contributed by atoms with van der Waals surface area (Å²) in [5.41, 5.74) is 19.6. The fourth-order valence-electron chi connectivity index (χ4n) is 9.78. The number of rotatable bonds is 4. The van der Waals surface area contributed by atoms with Crippen molar-refractivity contribution in [3.05, 3.63) is 200 Å². The van der Waals surface area contributed by atoms with Crippen LogP contribution in [0.15, 0.2) is 200 Å². The Morgan fingerprint density at radius 1 is 0.351 bits per heavy atom. The topological polar surface area (TPSA) is 35.5 Å². The second-order valence-corrected chi connectivity index (χ2v) is 14.9. The van der Waals surface area contributed by atoms with Gasteiger partial charge < -0.3 is 14.7 Å². The van der Waals surface area contributed by atoms with Gasteiger partial charge in [-0.2, -0.15) is 0 Å². The molecule has 4 heterocycles. The first-order valence-electron chi connectivity index (χ1n) is 19.6. The first kappa shape index (κ1) is 31.9. The fourth-order valence-corrected chi connectivity index (χ4v) is 9.78. The van der Waals surface area contributed by atoms with Crippen LogP contribution in [0.2, 0.25) is 0 Å². The standard InChI is InChI=1S/C50H33B2N5/c1-4-17-34(18-5-1)51-37-23-10-15-29-43(37)57(44-30-16-26-40-49(44)54-32-31-53-40)46-33-45-48-50(47(46)51)56(36-21-8-3-9-22-36)42-28-14-12-25-39(42)52(48)38-24-11-13-27-41(38)55(45)35-19-6-2-7-20-35/h1-33H. The van der Waals surface area contributed by atoms with Crippen LogP contribution < -0.4 is 47.5 Å². The van der Waals surface area contributed by atoms with Gasteiger partial charge in [-0.25, -0.2) is 0 Å². The Hall–Kier alpha value is -7.37. The van der Waals surface area contributed by atoms with E-state index in [-0.39, 0.29) is 13.4 Å². The van der Waals surface area contributed by atoms with Crippen LogP contribution in [-0.2, 0) is 0 Å². The molecule has 8 aromatic carbocycles. The second kappa shape index (κ2) is 12.6. The van der Waals surface area contributed by atoms with Gasteiger partial charge in [0.25, 0.3) is 6.71 Å². The van der Waals surface area contributed by atoms with Gasteiger partial charge in [-0.3, -0.25) is 9.97 Å². The summed E-state index contributed by atoms with van der Waals surface area (Å²) < 4.78 is 0. The quantitative estimate of drug-likeness (QED) is 0.172. The molecule has 9 aromatic rings. The summed E-state index contributed by atoms with van der Waals surface area (Å²) >= 11 is 0. The van der Waals surface area contributed by atoms with Crippen LogP contribution in [0.25, 0.3) is 11.0 Å². The highest BCUT2D eigenvalue weighted by Crippen LogP contribution is 2.48. The van der Waals surface area contributed by atoms with Gasteiger partial charge in [0.15, 0.2) is 0 Å². The summed E-state index contributed by atoms with van der Waals surface area (Å²) in [5, 5.41) is 0. The molecule has 12 rings (SSSR count). The van der Waals surface area contributed by atoms with Crippen LogP contribution in [0.3, 0.4) is 0 Å². The van der Waals surface area contributed by atoms with Crippen molar-refractivity contribution in [2.24, 2.45) is 0 Å². The Morgan fingerprint density at radius 2 is 0.825 bits per heavy atom. The van der Waals surface area contributed by atoms with Gasteiger partial charge in [0.2, 0.25) is 6.71 Å². The van der Waals surface area contributed by atoms with Gasteiger partial charge in [0, 0.05) is 57.9 Å². The molecule has 0 aliphatic carbocycles. The molecule has 0 N–H and O–H groups in total. The summed E-state index contributed by atoms with van der Waals surface area (Å²) in [6.45, 7) is -0.0763. The summed E-state index contributed by atoms with van der Waals surface area (Å²) in [6, 6.07) is 68.6. The molecule has 0 atom stereocenters. The molecule has 3 aliphatic heterocycles. The van der Waals surface area contributed by atoms with E-state index in [0.29, 0.717) is 0 Å². The number of benzene rings is 8. The Kier molecular flexibility index (Phi) is 7.05. The molecule has 1 aromatic heterocycles. The molecule has 0 saturated carbocycles. The number of para-hydroxylation sites is 6. The van der Waals surface area contributed by atoms with Crippen molar-refractivity contribution in [2.75, 3.05) is 14.7 Å². The third-order valence-corrected chi connectivity index (χ3v) is 12.0. The van der Waals surface area contributed by atoms with Crippen LogP contribution in [0.1, 0.15) is 0 Å². The number of aromatic nitrogens is 2. The van der Waals surface area contributed by atoms with E-state index in [1.165, 1.54) is 49.8 Å². The molecule has 0 fully saturated rings. The number of hydrogen-bond acceptors (Lipinski definition) is 5. The van der Waals surface area contributed by atoms with E-state index in [9.17, 15) is 0 Å². The number of nitrogens with zero attached hydrogens (tertiary/aromatic N) is 5. The molecule has 0 bridgehead atoms. The van der Waals surface area contributed by atoms with E-state index in [4.69, 9.17) is 9.97 Å². The SMILES string of the molecule is c1ccc(B2c3ccccc3N(c3cccc4nccnc34)c3cc4c5c(c32)N(c2ccccc2)c2ccccc2B5c2ccccc2N4c2ccccc2)cc1. The van der Waals surface area contributed by atoms with E-state index < -0.39 is 0 Å². The van der Waals surface area contributed by atoms with Crippen LogP contribution in [-0.4, -0.2) is 23.4 Å². The van der Waals surface area contributed by atoms with Crippen LogP contribution in [0.4, 0.5) is 51.2 Å². The summed E-state index contributed by atoms with van der Waals surface area (Å²) in [7, 11) is 0. The molecule has 0 spiro atoms. The molecule has 5 nitrogen and oxygen atoms in total. The lowest BCUT2D eigenvalue weighted by molar-refractivity contribution is 1.23. The monoisotopic (exact) mass is 725 g/mol. The molecule has 57 heavy (non-hydrogen) atoms. The van der Waals surface area contributed by atoms with Crippen molar-refractivity contribution in [3.63, 3.8) is 0 Å². The zero-order chi connectivity index (χ0) is 37.5. The van der Waals surface area contributed by atoms with Crippen molar-refractivity contribution in [1.82, 2.24) is 9.97 Å². The minimum atomic E-state index is -0.0746. The van der Waals surface area contributed by atoms with Gasteiger partial charge >= 0.3 is 0 Å². The summed E-state index contributed by atoms with van der Waals surface area (Å²) in [6.07, 6.45) is 3.58. The van der Waals surface area contributed by atoms with Crippen LogP contribution in [0.5, 0.6) is 0 Å². The highest BCUT2D eigenvalue weighted by molar-refractivity contribution is 7.03. The highest BCUT2D eigenvalue weighted by atomic mass is 15.2. The molecule has 0 amide bonds. The van der Waals surface area contributed by atoms with E-state index in [1.54, 1.807) is 12.4 Å². The fraction of sp³-hybridized carbons (Fsp3) is 0. The minimum Gasteiger partial charge on any atom is -0.312 e. The predicted octanol–water partition coefficient (Wildman–Crippen LogP) is 8.01. The van der Waals surface area contributed by atoms with Gasteiger partial charge in [0.05, 0.1) is 11.2 Å². The Bertz CT molecular complexity index is 3000. The first-order valence-corrected chi connectivity index (χ1v) is 19.6. The minimum absolute atomic E-state index is 0.00177. The number of anilines is 9. The molecular weight excluding hydrogens is 692 g/mol. The molecule has 3 aliphatic rings. The van der Waals surface area contributed by atoms with E-state index in [2.05, 4.69) is 203 Å². The van der Waals surface area contributed by atoms with Crippen molar-refractivity contribution in [3.8, 4) is 0 Å². The molecule has 0 unspecified atom stereocenters. The maximum absolute atomic E-state index is 4.99. The second-order valence-electron chi connectivity index (χ2n) is 14.9. The molecule has 0 saturated heterocycles. The molecule has 7 heteroatoms. The molecule has 264 valence electrons. The van der Waals surface area contributed by atoms with Crippen molar-refractivity contribution >= 4 is 108 Å². The smallest absolute Gasteiger partial charge is 0.252 e. The average molecular weight is 725 g/mol. The maximum atomic E-state index is 4.99. The number of hydrogen-bond donors (Lipinski definition) is 0. The third kappa shape index (κ3) is 4.66. The van der Waals surface area contributed by atoms with Gasteiger partial charge in [-0.1, -0.05) is 133 Å². The van der Waals surface area contributed by atoms with E-state index in [0.717, 1.165) is 45.2 Å². The predicted molar refractivity (Wildman–Crippen MR) is 239 cm³/mol. The van der Waals surface area contributed by atoms with E-state index >= 15 is 0 Å². The van der Waals surface area contributed by atoms with Crippen molar-refractivity contribution < 1.29 is 0 Å². The Morgan fingerprint density at radius 3 is 1.49 bits per heavy atom. The summed E-state index contributed by atoms with van der Waals surface area (Å²) in [4.78, 5) is 17.3. The van der Waals surface area contributed by atoms with Crippen LogP contribution >= 0.6 is 0 Å². The van der Waals surface area contributed by atoms with Crippen LogP contribution in [0, 0.1) is 0 Å². The highest BCUT2D eigenvalue weighted by Gasteiger charge is 2.48. The molecule has 0 radical (unpaired) electrons. The Balaban J connectivity index is 1.30. The normalized spacial score (nSPS) is 13.4. The summed E-state index contributed by atoms with van der Waals surface area (Å²) in [5.74, 6) is 0. The lowest BCUT2D eigenvalue weighted by atomic mass is 9.30. The van der Waals surface area contributed by atoms with E-state index in [1.807, 2.05) is 0 Å². The maximum Gasteiger partial charge on any atom is 0.252 e. The lowest BCUT2D eigenvalue weighted by Crippen LogP contribution is -2.66. The van der Waals surface area contributed by atoms with Crippen molar-refractivity contribution in [1.29, 1.82) is 0 Å². The first-order chi connectivity index (χ1) is 28.3. The number of fused-ring (bicyclic) bond motifs is 8.